The first kappa shape index (κ1) is 39.8. The van der Waals surface area contributed by atoms with Gasteiger partial charge in [0.25, 0.3) is 11.8 Å². The number of carbonyl (C=O) groups is 3. The van der Waals surface area contributed by atoms with Crippen LogP contribution in [0.25, 0.3) is 0 Å². The smallest absolute Gasteiger partial charge is 0.425 e. The van der Waals surface area contributed by atoms with E-state index in [1.165, 1.54) is 4.90 Å². The van der Waals surface area contributed by atoms with Crippen molar-refractivity contribution >= 4 is 29.1 Å². The number of hydrogen-bond acceptors (Lipinski definition) is 8. The van der Waals surface area contributed by atoms with Gasteiger partial charge in [-0.25, -0.2) is 0 Å². The molecule has 2 aliphatic rings. The molecule has 4 heterocycles. The minimum absolute atomic E-state index is 0.00492. The molecular weight excluding hydrogens is 732 g/mol. The van der Waals surface area contributed by atoms with Gasteiger partial charge in [0.2, 0.25) is 5.60 Å². The van der Waals surface area contributed by atoms with E-state index in [9.17, 15) is 45.8 Å². The Bertz CT molecular complexity index is 1780. The van der Waals surface area contributed by atoms with Gasteiger partial charge in [-0.1, -0.05) is 31.5 Å². The van der Waals surface area contributed by atoms with E-state index in [-0.39, 0.29) is 76.9 Å². The van der Waals surface area contributed by atoms with Gasteiger partial charge in [0, 0.05) is 55.7 Å². The SMILES string of the molecule is CCCC1N(C(=O)c2ncccc2C(F)(F)F)CCCC1(Oc1csc(C(F)(F)F)c1)C(=O)N1CCC(O)(c2ccccc2OCCCC(=O)O)CC1. The third-order valence-corrected chi connectivity index (χ3v) is 10.5. The molecule has 53 heavy (non-hydrogen) atoms. The third-order valence-electron chi connectivity index (χ3n) is 9.58. The molecule has 2 amide bonds. The molecule has 2 aliphatic heterocycles. The number of amides is 2. The highest BCUT2D eigenvalue weighted by Gasteiger charge is 2.56. The molecule has 3 aromatic rings. The summed E-state index contributed by atoms with van der Waals surface area (Å²) in [6.45, 7) is 1.67. The molecule has 0 saturated carbocycles. The summed E-state index contributed by atoms with van der Waals surface area (Å²) in [4.78, 5) is 45.0. The lowest BCUT2D eigenvalue weighted by Crippen LogP contribution is -2.68. The lowest BCUT2D eigenvalue weighted by molar-refractivity contribution is -0.163. The lowest BCUT2D eigenvalue weighted by Gasteiger charge is -2.51. The maximum atomic E-state index is 14.8. The van der Waals surface area contributed by atoms with Crippen LogP contribution in [0.1, 0.15) is 84.8 Å². The molecular formula is C36H39F6N3O7S. The number of aliphatic carboxylic acids is 1. The quantitative estimate of drug-likeness (QED) is 0.147. The molecule has 2 saturated heterocycles. The second kappa shape index (κ2) is 15.9. The zero-order chi connectivity index (χ0) is 38.6. The zero-order valence-electron chi connectivity index (χ0n) is 28.7. The molecule has 2 N–H and O–H groups in total. The number of halogens is 6. The van der Waals surface area contributed by atoms with E-state index in [2.05, 4.69) is 4.98 Å². The normalized spacial score (nSPS) is 20.6. The number of likely N-dealkylation sites (tertiary alicyclic amines) is 2. The van der Waals surface area contributed by atoms with Crippen LogP contribution >= 0.6 is 11.3 Å². The van der Waals surface area contributed by atoms with Crippen molar-refractivity contribution in [1.82, 2.24) is 14.8 Å². The van der Waals surface area contributed by atoms with Crippen molar-refractivity contribution in [1.29, 1.82) is 0 Å². The number of para-hydroxylation sites is 1. The molecule has 0 aliphatic carbocycles. The lowest BCUT2D eigenvalue weighted by atomic mass is 9.78. The first-order chi connectivity index (χ1) is 25.0. The summed E-state index contributed by atoms with van der Waals surface area (Å²) in [7, 11) is 0. The number of piperidine rings is 2. The van der Waals surface area contributed by atoms with Gasteiger partial charge >= 0.3 is 18.3 Å². The highest BCUT2D eigenvalue weighted by Crippen LogP contribution is 2.44. The maximum Gasteiger partial charge on any atom is 0.425 e. The predicted molar refractivity (Wildman–Crippen MR) is 179 cm³/mol. The van der Waals surface area contributed by atoms with E-state index >= 15 is 0 Å². The standard InChI is InChI=1S/C36H39F6N3O7S/c1-2-8-27-34(52-23-21-28(53-22-23)36(40,41)42,13-7-17-45(27)31(48)30-25(35(37,38)39)10-5-16-43-30)32(49)44-18-14-33(50,15-19-44)24-9-3-4-11-26(24)51-20-6-12-29(46)47/h3-5,9-11,16,21-22,27,50H,2,6-8,12-15,17-20H2,1H3,(H,46,47). The van der Waals surface area contributed by atoms with Gasteiger partial charge in [0.15, 0.2) is 0 Å². The molecule has 10 nitrogen and oxygen atoms in total. The second-order valence-corrected chi connectivity index (χ2v) is 14.0. The molecule has 2 unspecified atom stereocenters. The summed E-state index contributed by atoms with van der Waals surface area (Å²) in [5.41, 5.74) is -5.18. The predicted octanol–water partition coefficient (Wildman–Crippen LogP) is 7.16. The molecule has 1 aromatic carbocycles. The Morgan fingerprint density at radius 1 is 1.00 bits per heavy atom. The number of carboxylic acid groups (broad SMARTS) is 1. The van der Waals surface area contributed by atoms with Gasteiger partial charge in [-0.15, -0.1) is 11.3 Å². The Kier molecular flexibility index (Phi) is 12.0. The number of alkyl halides is 6. The summed E-state index contributed by atoms with van der Waals surface area (Å²) in [5, 5.41) is 21.9. The number of rotatable bonds is 12. The van der Waals surface area contributed by atoms with E-state index in [1.807, 2.05) is 0 Å². The Morgan fingerprint density at radius 2 is 1.72 bits per heavy atom. The summed E-state index contributed by atoms with van der Waals surface area (Å²) >= 11 is 0.357. The summed E-state index contributed by atoms with van der Waals surface area (Å²) in [5.74, 6) is -2.68. The monoisotopic (exact) mass is 771 g/mol. The molecule has 2 atom stereocenters. The van der Waals surface area contributed by atoms with Crippen LogP contribution in [-0.4, -0.2) is 80.7 Å². The van der Waals surface area contributed by atoms with Crippen molar-refractivity contribution in [2.75, 3.05) is 26.2 Å². The van der Waals surface area contributed by atoms with Gasteiger partial charge in [-0.2, -0.15) is 26.3 Å². The van der Waals surface area contributed by atoms with Crippen molar-refractivity contribution < 1.29 is 60.4 Å². The summed E-state index contributed by atoms with van der Waals surface area (Å²) in [6.07, 6.45) is -8.03. The van der Waals surface area contributed by atoms with Crippen LogP contribution in [0.3, 0.4) is 0 Å². The van der Waals surface area contributed by atoms with E-state index in [4.69, 9.17) is 14.6 Å². The molecule has 2 aromatic heterocycles. The number of ether oxygens (including phenoxy) is 2. The van der Waals surface area contributed by atoms with Gasteiger partial charge in [0.05, 0.1) is 23.8 Å². The fourth-order valence-corrected chi connectivity index (χ4v) is 7.75. The van der Waals surface area contributed by atoms with Crippen molar-refractivity contribution in [3.05, 3.63) is 75.7 Å². The van der Waals surface area contributed by atoms with E-state index in [0.29, 0.717) is 29.1 Å². The number of thiophene rings is 1. The first-order valence-electron chi connectivity index (χ1n) is 17.1. The average Bonchev–Trinajstić information content (AvgIpc) is 3.60. The van der Waals surface area contributed by atoms with Crippen molar-refractivity contribution in [3.8, 4) is 11.5 Å². The van der Waals surface area contributed by atoms with Crippen molar-refractivity contribution in [2.45, 2.75) is 87.9 Å². The van der Waals surface area contributed by atoms with E-state index in [0.717, 1.165) is 34.7 Å². The fourth-order valence-electron chi connectivity index (χ4n) is 7.07. The third kappa shape index (κ3) is 8.72. The maximum absolute atomic E-state index is 14.8. The molecule has 288 valence electrons. The summed E-state index contributed by atoms with van der Waals surface area (Å²) < 4.78 is 95.1. The van der Waals surface area contributed by atoms with Gasteiger partial charge in [-0.05, 0) is 50.3 Å². The van der Waals surface area contributed by atoms with Gasteiger partial charge < -0.3 is 29.5 Å². The Morgan fingerprint density at radius 3 is 2.36 bits per heavy atom. The minimum atomic E-state index is -4.92. The molecule has 5 rings (SSSR count). The number of pyridine rings is 1. The second-order valence-electron chi connectivity index (χ2n) is 13.1. The molecule has 2 fully saturated rings. The number of nitrogens with zero attached hydrogens (tertiary/aromatic N) is 3. The van der Waals surface area contributed by atoms with Crippen molar-refractivity contribution in [2.24, 2.45) is 0 Å². The van der Waals surface area contributed by atoms with Gasteiger partial charge in [-0.3, -0.25) is 19.4 Å². The molecule has 0 bridgehead atoms. The largest absolute Gasteiger partial charge is 0.493 e. The Labute approximate surface area is 305 Å². The van der Waals surface area contributed by atoms with Crippen LogP contribution in [0.15, 0.2) is 54.0 Å². The van der Waals surface area contributed by atoms with Crippen molar-refractivity contribution in [3.63, 3.8) is 0 Å². The van der Waals surface area contributed by atoms with Crippen LogP contribution in [0, 0.1) is 0 Å². The van der Waals surface area contributed by atoms with Gasteiger partial charge in [0.1, 0.15) is 22.1 Å². The zero-order valence-corrected chi connectivity index (χ0v) is 29.5. The number of carbonyl (C=O) groups excluding carboxylic acids is 2. The summed E-state index contributed by atoms with van der Waals surface area (Å²) in [6, 6.07) is 8.03. The van der Waals surface area contributed by atoms with Crippen LogP contribution in [0.5, 0.6) is 11.5 Å². The number of aromatic nitrogens is 1. The van der Waals surface area contributed by atoms with E-state index in [1.54, 1.807) is 31.2 Å². The highest BCUT2D eigenvalue weighted by molar-refractivity contribution is 7.10. The number of aliphatic hydroxyl groups is 1. The average molecular weight is 772 g/mol. The first-order valence-corrected chi connectivity index (χ1v) is 18.0. The highest BCUT2D eigenvalue weighted by atomic mass is 32.1. The van der Waals surface area contributed by atoms with Crippen LogP contribution in [0.2, 0.25) is 0 Å². The van der Waals surface area contributed by atoms with Crippen LogP contribution in [-0.2, 0) is 27.5 Å². The van der Waals surface area contributed by atoms with E-state index < -0.39 is 63.5 Å². The molecule has 17 heteroatoms. The molecule has 0 spiro atoms. The minimum Gasteiger partial charge on any atom is -0.493 e. The Hall–Kier alpha value is -4.38. The number of carboxylic acids is 1. The fraction of sp³-hybridized carbons (Fsp3) is 0.500. The number of benzene rings is 1. The molecule has 0 radical (unpaired) electrons. The van der Waals surface area contributed by atoms with Crippen LogP contribution < -0.4 is 9.47 Å². The Balaban J connectivity index is 1.48. The van der Waals surface area contributed by atoms with Crippen LogP contribution in [0.4, 0.5) is 26.3 Å². The number of hydrogen-bond donors (Lipinski definition) is 2. The topological polar surface area (TPSA) is 130 Å².